The molecule has 0 radical (unpaired) electrons. The van der Waals surface area contributed by atoms with Gasteiger partial charge in [0.1, 0.15) is 0 Å². The number of hydrogen-bond donors (Lipinski definition) is 2. The highest BCUT2D eigenvalue weighted by molar-refractivity contribution is 5.90. The third kappa shape index (κ3) is 1.56. The molecule has 0 bridgehead atoms. The van der Waals surface area contributed by atoms with Crippen LogP contribution in [0.3, 0.4) is 0 Å². The van der Waals surface area contributed by atoms with Gasteiger partial charge in [-0.1, -0.05) is 6.07 Å². The molecule has 0 amide bonds. The first kappa shape index (κ1) is 13.0. The highest BCUT2D eigenvalue weighted by Gasteiger charge is 2.57. The second-order valence-corrected chi connectivity index (χ2v) is 5.03. The number of aliphatic hydroxyl groups is 1. The zero-order valence-corrected chi connectivity index (χ0v) is 10.4. The fraction of sp³-hybridized carbons (Fsp3) is 0.357. The van der Waals surface area contributed by atoms with Crippen LogP contribution in [0.15, 0.2) is 18.2 Å². The van der Waals surface area contributed by atoms with E-state index >= 15 is 0 Å². The molecule has 2 N–H and O–H groups in total. The first-order valence-electron chi connectivity index (χ1n) is 6.22. The van der Waals surface area contributed by atoms with Crippen LogP contribution < -0.4 is 0 Å². The molecular weight excluding hydrogens is 269 g/mol. The van der Waals surface area contributed by atoms with Gasteiger partial charge in [0.15, 0.2) is 0 Å². The highest BCUT2D eigenvalue weighted by atomic mass is 19.4. The lowest BCUT2D eigenvalue weighted by Crippen LogP contribution is -2.45. The molecule has 0 fully saturated rings. The minimum Gasteiger partial charge on any atom is -0.375 e. The van der Waals surface area contributed by atoms with Gasteiger partial charge in [-0.15, -0.1) is 0 Å². The maximum Gasteiger partial charge on any atom is 0.422 e. The molecule has 1 aromatic heterocycles. The fourth-order valence-corrected chi connectivity index (χ4v) is 2.94. The predicted molar refractivity (Wildman–Crippen MR) is 65.9 cm³/mol. The average Bonchev–Trinajstić information content (AvgIpc) is 2.78. The molecule has 1 aromatic carbocycles. The molecule has 104 valence electrons. The Balaban J connectivity index is 2.35. The molecule has 6 heteroatoms. The first-order chi connectivity index (χ1) is 9.38. The van der Waals surface area contributed by atoms with E-state index in [1.165, 1.54) is 0 Å². The Kier molecular flexibility index (Phi) is 2.60. The van der Waals surface area contributed by atoms with Crippen molar-refractivity contribution in [3.63, 3.8) is 0 Å². The summed E-state index contributed by atoms with van der Waals surface area (Å²) in [5.41, 5.74) is -1.88. The van der Waals surface area contributed by atoms with Crippen LogP contribution in [-0.4, -0.2) is 16.3 Å². The van der Waals surface area contributed by atoms with Crippen molar-refractivity contribution in [3.8, 4) is 6.07 Å². The quantitative estimate of drug-likeness (QED) is 0.779. The Morgan fingerprint density at radius 3 is 2.75 bits per heavy atom. The van der Waals surface area contributed by atoms with E-state index in [9.17, 15) is 18.3 Å². The van der Waals surface area contributed by atoms with Crippen LogP contribution in [0.4, 0.5) is 13.2 Å². The van der Waals surface area contributed by atoms with E-state index in [-0.39, 0.29) is 18.5 Å². The standard InChI is InChI=1S/C14H11F3N2O/c15-14(16,17)13(20)6-2-4-9-11-8(7-18)3-1-5-10(11)19-12(9)13/h1,3,5,19-20H,2,4,6H2. The Hall–Kier alpha value is -2.00. The molecule has 3 nitrogen and oxygen atoms in total. The molecule has 0 saturated carbocycles. The van der Waals surface area contributed by atoms with E-state index in [0.29, 0.717) is 28.5 Å². The summed E-state index contributed by atoms with van der Waals surface area (Å²) >= 11 is 0. The summed E-state index contributed by atoms with van der Waals surface area (Å²) in [5.74, 6) is 0. The minimum atomic E-state index is -4.74. The number of aromatic nitrogens is 1. The minimum absolute atomic E-state index is 0.214. The largest absolute Gasteiger partial charge is 0.422 e. The molecule has 2 aromatic rings. The number of nitrogens with one attached hydrogen (secondary N) is 1. The summed E-state index contributed by atoms with van der Waals surface area (Å²) in [4.78, 5) is 2.67. The van der Waals surface area contributed by atoms with E-state index in [1.807, 2.05) is 6.07 Å². The number of aryl methyl sites for hydroxylation is 1. The summed E-state index contributed by atoms with van der Waals surface area (Å²) in [5, 5.41) is 19.7. The van der Waals surface area contributed by atoms with Crippen molar-refractivity contribution in [1.29, 1.82) is 5.26 Å². The molecular formula is C14H11F3N2O. The number of nitriles is 1. The zero-order valence-electron chi connectivity index (χ0n) is 10.4. The van der Waals surface area contributed by atoms with E-state index in [1.54, 1.807) is 18.2 Å². The number of hydrogen-bond acceptors (Lipinski definition) is 2. The van der Waals surface area contributed by atoms with Gasteiger partial charge in [-0.25, -0.2) is 0 Å². The molecule has 1 unspecified atom stereocenters. The number of alkyl halides is 3. The third-order valence-electron chi connectivity index (χ3n) is 3.90. The van der Waals surface area contributed by atoms with Crippen LogP contribution >= 0.6 is 0 Å². The molecule has 1 aliphatic rings. The molecule has 0 spiro atoms. The van der Waals surface area contributed by atoms with Gasteiger partial charge in [-0.2, -0.15) is 18.4 Å². The predicted octanol–water partition coefficient (Wildman–Crippen LogP) is 3.13. The van der Waals surface area contributed by atoms with Crippen LogP contribution in [0.2, 0.25) is 0 Å². The maximum absolute atomic E-state index is 13.2. The van der Waals surface area contributed by atoms with Gasteiger partial charge >= 0.3 is 6.18 Å². The zero-order chi connectivity index (χ0) is 14.5. The van der Waals surface area contributed by atoms with Crippen LogP contribution in [0.1, 0.15) is 29.7 Å². The molecule has 1 atom stereocenters. The number of aromatic amines is 1. The molecule has 0 saturated heterocycles. The summed E-state index contributed by atoms with van der Waals surface area (Å²) < 4.78 is 39.5. The molecule has 0 aliphatic heterocycles. The van der Waals surface area contributed by atoms with Crippen molar-refractivity contribution in [3.05, 3.63) is 35.0 Å². The normalized spacial score (nSPS) is 22.6. The third-order valence-corrected chi connectivity index (χ3v) is 3.90. The Bertz CT molecular complexity index is 726. The Morgan fingerprint density at radius 2 is 2.10 bits per heavy atom. The van der Waals surface area contributed by atoms with Gasteiger partial charge in [0.2, 0.25) is 5.60 Å². The Labute approximate surface area is 112 Å². The molecule has 20 heavy (non-hydrogen) atoms. The van der Waals surface area contributed by atoms with Gasteiger partial charge in [-0.3, -0.25) is 0 Å². The van der Waals surface area contributed by atoms with Crippen molar-refractivity contribution in [2.75, 3.05) is 0 Å². The fourth-order valence-electron chi connectivity index (χ4n) is 2.94. The topological polar surface area (TPSA) is 59.8 Å². The first-order valence-corrected chi connectivity index (χ1v) is 6.22. The molecule has 1 heterocycles. The summed E-state index contributed by atoms with van der Waals surface area (Å²) in [7, 11) is 0. The van der Waals surface area contributed by atoms with Crippen molar-refractivity contribution in [2.45, 2.75) is 31.0 Å². The number of fused-ring (bicyclic) bond motifs is 3. The second kappa shape index (κ2) is 4.00. The number of nitrogens with zero attached hydrogens (tertiary/aromatic N) is 1. The second-order valence-electron chi connectivity index (χ2n) is 5.03. The van der Waals surface area contributed by atoms with Crippen molar-refractivity contribution in [1.82, 2.24) is 4.98 Å². The lowest BCUT2D eigenvalue weighted by Gasteiger charge is -2.34. The van der Waals surface area contributed by atoms with Crippen LogP contribution in [0.5, 0.6) is 0 Å². The van der Waals surface area contributed by atoms with Crippen LogP contribution in [0.25, 0.3) is 10.9 Å². The lowest BCUT2D eigenvalue weighted by molar-refractivity contribution is -0.272. The molecule has 3 rings (SSSR count). The smallest absolute Gasteiger partial charge is 0.375 e. The van der Waals surface area contributed by atoms with Gasteiger partial charge in [0.25, 0.3) is 0 Å². The number of benzene rings is 1. The number of halogens is 3. The van der Waals surface area contributed by atoms with E-state index in [0.717, 1.165) is 0 Å². The van der Waals surface area contributed by atoms with E-state index in [4.69, 9.17) is 5.26 Å². The summed E-state index contributed by atoms with van der Waals surface area (Å²) in [6.07, 6.45) is -4.45. The summed E-state index contributed by atoms with van der Waals surface area (Å²) in [6.45, 7) is 0. The van der Waals surface area contributed by atoms with E-state index in [2.05, 4.69) is 4.98 Å². The van der Waals surface area contributed by atoms with Crippen molar-refractivity contribution < 1.29 is 18.3 Å². The average molecular weight is 280 g/mol. The Morgan fingerprint density at radius 1 is 1.35 bits per heavy atom. The van der Waals surface area contributed by atoms with Gasteiger partial charge in [-0.05, 0) is 37.0 Å². The van der Waals surface area contributed by atoms with Crippen LogP contribution in [0, 0.1) is 11.3 Å². The number of rotatable bonds is 0. The summed E-state index contributed by atoms with van der Waals surface area (Å²) in [6, 6.07) is 6.78. The SMILES string of the molecule is N#Cc1cccc2[nH]c3c(c12)CCCC3(O)C(F)(F)F. The lowest BCUT2D eigenvalue weighted by atomic mass is 9.82. The van der Waals surface area contributed by atoms with Gasteiger partial charge in [0, 0.05) is 10.9 Å². The monoisotopic (exact) mass is 280 g/mol. The highest BCUT2D eigenvalue weighted by Crippen LogP contribution is 2.48. The van der Waals surface area contributed by atoms with E-state index < -0.39 is 11.8 Å². The maximum atomic E-state index is 13.2. The number of H-pyrrole nitrogens is 1. The van der Waals surface area contributed by atoms with Gasteiger partial charge < -0.3 is 10.1 Å². The van der Waals surface area contributed by atoms with Crippen molar-refractivity contribution in [2.24, 2.45) is 0 Å². The molecule has 1 aliphatic carbocycles. The van der Waals surface area contributed by atoms with Crippen molar-refractivity contribution >= 4 is 10.9 Å². The van der Waals surface area contributed by atoms with Crippen LogP contribution in [-0.2, 0) is 12.0 Å². The van der Waals surface area contributed by atoms with Gasteiger partial charge in [0.05, 0.1) is 17.3 Å².